The highest BCUT2D eigenvalue weighted by Gasteiger charge is 2.43. The van der Waals surface area contributed by atoms with Gasteiger partial charge in [0.05, 0.1) is 18.2 Å². The first-order valence-electron chi connectivity index (χ1n) is 9.31. The second-order valence-electron chi connectivity index (χ2n) is 7.22. The van der Waals surface area contributed by atoms with Gasteiger partial charge in [-0.05, 0) is 48.9 Å². The van der Waals surface area contributed by atoms with E-state index in [0.29, 0.717) is 23.8 Å². The molecule has 146 valence electrons. The molecule has 2 heterocycles. The van der Waals surface area contributed by atoms with Crippen LogP contribution >= 0.6 is 11.6 Å². The molecule has 1 atom stereocenters. The summed E-state index contributed by atoms with van der Waals surface area (Å²) >= 11 is 6.07. The lowest BCUT2D eigenvalue weighted by Crippen LogP contribution is -2.52. The number of carbonyl (C=O) groups excluding carboxylic acids is 2. The molecule has 2 fully saturated rings. The molecule has 0 radical (unpaired) electrons. The molecule has 0 aromatic heterocycles. The fraction of sp³-hybridized carbons (Fsp3) is 0.333. The normalized spacial score (nSPS) is 20.9. The molecule has 2 amide bonds. The van der Waals surface area contributed by atoms with Gasteiger partial charge in [0.1, 0.15) is 5.82 Å². The third kappa shape index (κ3) is 3.50. The van der Waals surface area contributed by atoms with Gasteiger partial charge in [-0.15, -0.1) is 0 Å². The minimum Gasteiger partial charge on any atom is -0.369 e. The van der Waals surface area contributed by atoms with Crippen LogP contribution in [-0.4, -0.2) is 48.9 Å². The standard InChI is InChI=1S/C21H21ClFN3O2/c1-14-2-3-15(22)12-18(14)26-20(27)13-19(21(26)28)25-10-8-24(9-11-25)17-6-4-16(23)5-7-17/h2-7,12,19H,8-11,13H2,1H3. The summed E-state index contributed by atoms with van der Waals surface area (Å²) in [5.41, 5.74) is 2.37. The lowest BCUT2D eigenvalue weighted by molar-refractivity contribution is -0.123. The van der Waals surface area contributed by atoms with E-state index < -0.39 is 6.04 Å². The number of piperazine rings is 1. The largest absolute Gasteiger partial charge is 0.369 e. The van der Waals surface area contributed by atoms with Gasteiger partial charge in [-0.3, -0.25) is 14.5 Å². The minimum atomic E-state index is -0.443. The summed E-state index contributed by atoms with van der Waals surface area (Å²) in [6.45, 7) is 4.65. The molecule has 0 N–H and O–H groups in total. The topological polar surface area (TPSA) is 43.9 Å². The Morgan fingerprint density at radius 2 is 1.68 bits per heavy atom. The molecule has 4 rings (SSSR count). The second kappa shape index (κ2) is 7.53. The third-order valence-electron chi connectivity index (χ3n) is 5.48. The van der Waals surface area contributed by atoms with Crippen molar-refractivity contribution < 1.29 is 14.0 Å². The van der Waals surface area contributed by atoms with Crippen LogP contribution in [0, 0.1) is 12.7 Å². The molecule has 2 aromatic carbocycles. The molecule has 0 saturated carbocycles. The number of aryl methyl sites for hydroxylation is 1. The summed E-state index contributed by atoms with van der Waals surface area (Å²) in [6.07, 6.45) is 0.182. The molecular formula is C21H21ClFN3O2. The van der Waals surface area contributed by atoms with Crippen LogP contribution in [0.3, 0.4) is 0 Å². The van der Waals surface area contributed by atoms with Gasteiger partial charge in [0.2, 0.25) is 5.91 Å². The van der Waals surface area contributed by atoms with E-state index in [-0.39, 0.29) is 24.1 Å². The van der Waals surface area contributed by atoms with Crippen molar-refractivity contribution in [2.45, 2.75) is 19.4 Å². The zero-order chi connectivity index (χ0) is 19.8. The maximum Gasteiger partial charge on any atom is 0.251 e. The summed E-state index contributed by atoms with van der Waals surface area (Å²) in [5.74, 6) is -0.638. The monoisotopic (exact) mass is 401 g/mol. The van der Waals surface area contributed by atoms with E-state index in [0.717, 1.165) is 24.3 Å². The molecule has 2 aliphatic rings. The summed E-state index contributed by atoms with van der Waals surface area (Å²) in [5, 5.41) is 0.498. The number of carbonyl (C=O) groups is 2. The van der Waals surface area contributed by atoms with Crippen LogP contribution in [0.25, 0.3) is 0 Å². The number of rotatable bonds is 3. The fourth-order valence-corrected chi connectivity index (χ4v) is 4.09. The van der Waals surface area contributed by atoms with Gasteiger partial charge in [-0.2, -0.15) is 0 Å². The lowest BCUT2D eigenvalue weighted by Gasteiger charge is -2.38. The van der Waals surface area contributed by atoms with Crippen molar-refractivity contribution in [1.82, 2.24) is 4.90 Å². The summed E-state index contributed by atoms with van der Waals surface area (Å²) in [6, 6.07) is 11.2. The molecule has 0 aliphatic carbocycles. The Labute approximate surface area is 168 Å². The molecule has 2 aromatic rings. The molecule has 0 bridgehead atoms. The number of benzene rings is 2. The Hall–Kier alpha value is -2.44. The zero-order valence-electron chi connectivity index (χ0n) is 15.6. The Bertz CT molecular complexity index is 910. The van der Waals surface area contributed by atoms with Crippen LogP contribution in [0.4, 0.5) is 15.8 Å². The van der Waals surface area contributed by atoms with E-state index in [1.165, 1.54) is 17.0 Å². The van der Waals surface area contributed by atoms with E-state index in [1.807, 2.05) is 13.0 Å². The van der Waals surface area contributed by atoms with Crippen molar-refractivity contribution in [3.05, 3.63) is 58.9 Å². The van der Waals surface area contributed by atoms with Crippen LogP contribution in [0.2, 0.25) is 5.02 Å². The average molecular weight is 402 g/mol. The van der Waals surface area contributed by atoms with Crippen molar-refractivity contribution in [2.24, 2.45) is 0 Å². The van der Waals surface area contributed by atoms with Gasteiger partial charge >= 0.3 is 0 Å². The van der Waals surface area contributed by atoms with E-state index in [4.69, 9.17) is 11.6 Å². The number of hydrogen-bond donors (Lipinski definition) is 0. The first-order chi connectivity index (χ1) is 13.4. The van der Waals surface area contributed by atoms with E-state index in [9.17, 15) is 14.0 Å². The number of amides is 2. The highest BCUT2D eigenvalue weighted by Crippen LogP contribution is 2.31. The number of halogens is 2. The fourth-order valence-electron chi connectivity index (χ4n) is 3.92. The van der Waals surface area contributed by atoms with Crippen LogP contribution in [0.15, 0.2) is 42.5 Å². The van der Waals surface area contributed by atoms with Crippen molar-refractivity contribution in [3.8, 4) is 0 Å². The summed E-state index contributed by atoms with van der Waals surface area (Å²) < 4.78 is 13.1. The molecule has 5 nitrogen and oxygen atoms in total. The van der Waals surface area contributed by atoms with E-state index >= 15 is 0 Å². The van der Waals surface area contributed by atoms with Crippen LogP contribution in [-0.2, 0) is 9.59 Å². The highest BCUT2D eigenvalue weighted by atomic mass is 35.5. The van der Waals surface area contributed by atoms with Crippen LogP contribution in [0.1, 0.15) is 12.0 Å². The van der Waals surface area contributed by atoms with Crippen molar-refractivity contribution >= 4 is 34.8 Å². The zero-order valence-corrected chi connectivity index (χ0v) is 16.3. The first kappa shape index (κ1) is 18.9. The minimum absolute atomic E-state index is 0.182. The van der Waals surface area contributed by atoms with Gasteiger partial charge in [0.25, 0.3) is 5.91 Å². The Morgan fingerprint density at radius 3 is 2.36 bits per heavy atom. The predicted molar refractivity (Wildman–Crippen MR) is 107 cm³/mol. The Kier molecular flexibility index (Phi) is 5.08. The number of anilines is 2. The molecule has 2 saturated heterocycles. The molecular weight excluding hydrogens is 381 g/mol. The molecule has 2 aliphatic heterocycles. The number of hydrogen-bond acceptors (Lipinski definition) is 4. The second-order valence-corrected chi connectivity index (χ2v) is 7.65. The van der Waals surface area contributed by atoms with Crippen molar-refractivity contribution in [1.29, 1.82) is 0 Å². The molecule has 7 heteroatoms. The number of imide groups is 1. The third-order valence-corrected chi connectivity index (χ3v) is 5.72. The molecule has 0 spiro atoms. The maximum absolute atomic E-state index is 13.1. The predicted octanol–water partition coefficient (Wildman–Crippen LogP) is 3.24. The van der Waals surface area contributed by atoms with Gasteiger partial charge in [0.15, 0.2) is 0 Å². The summed E-state index contributed by atoms with van der Waals surface area (Å²) in [7, 11) is 0. The van der Waals surface area contributed by atoms with Gasteiger partial charge in [0, 0.05) is 36.9 Å². The quantitative estimate of drug-likeness (QED) is 0.741. The molecule has 1 unspecified atom stereocenters. The smallest absolute Gasteiger partial charge is 0.251 e. The first-order valence-corrected chi connectivity index (χ1v) is 9.69. The highest BCUT2D eigenvalue weighted by molar-refractivity contribution is 6.31. The maximum atomic E-state index is 13.1. The Morgan fingerprint density at radius 1 is 1.00 bits per heavy atom. The van der Waals surface area contributed by atoms with Gasteiger partial charge in [-0.1, -0.05) is 17.7 Å². The molecule has 28 heavy (non-hydrogen) atoms. The van der Waals surface area contributed by atoms with Crippen LogP contribution in [0.5, 0.6) is 0 Å². The Balaban J connectivity index is 1.46. The van der Waals surface area contributed by atoms with E-state index in [2.05, 4.69) is 9.80 Å². The van der Waals surface area contributed by atoms with Crippen molar-refractivity contribution in [3.63, 3.8) is 0 Å². The van der Waals surface area contributed by atoms with Gasteiger partial charge in [-0.25, -0.2) is 9.29 Å². The number of nitrogens with zero attached hydrogens (tertiary/aromatic N) is 3. The summed E-state index contributed by atoms with van der Waals surface area (Å²) in [4.78, 5) is 31.2. The lowest BCUT2D eigenvalue weighted by atomic mass is 10.1. The van der Waals surface area contributed by atoms with E-state index in [1.54, 1.807) is 24.3 Å². The van der Waals surface area contributed by atoms with Crippen molar-refractivity contribution in [2.75, 3.05) is 36.0 Å². The van der Waals surface area contributed by atoms with Gasteiger partial charge < -0.3 is 4.90 Å². The van der Waals surface area contributed by atoms with Crippen LogP contribution < -0.4 is 9.80 Å². The average Bonchev–Trinajstić information content (AvgIpc) is 2.99. The SMILES string of the molecule is Cc1ccc(Cl)cc1N1C(=O)CC(N2CCN(c3ccc(F)cc3)CC2)C1=O.